The van der Waals surface area contributed by atoms with Gasteiger partial charge in [0.15, 0.2) is 0 Å². The molecule has 2 rings (SSSR count). The van der Waals surface area contributed by atoms with Crippen LogP contribution in [0.25, 0.3) is 0 Å². The highest BCUT2D eigenvalue weighted by atomic mass is 35.5. The zero-order valence-corrected chi connectivity index (χ0v) is 16.0. The molecule has 24 heavy (non-hydrogen) atoms. The molecule has 0 radical (unpaired) electrons. The quantitative estimate of drug-likeness (QED) is 0.756. The van der Waals surface area contributed by atoms with Crippen LogP contribution in [0, 0.1) is 0 Å². The minimum atomic E-state index is 0. The third-order valence-electron chi connectivity index (χ3n) is 3.86. The maximum Gasteiger partial charge on any atom is 0.221 e. The van der Waals surface area contributed by atoms with Gasteiger partial charge in [0, 0.05) is 56.0 Å². The van der Waals surface area contributed by atoms with Crippen LogP contribution in [-0.4, -0.2) is 52.9 Å². The van der Waals surface area contributed by atoms with Crippen molar-refractivity contribution < 1.29 is 14.3 Å². The van der Waals surface area contributed by atoms with Gasteiger partial charge in [-0.25, -0.2) is 0 Å². The van der Waals surface area contributed by atoms with E-state index in [0.29, 0.717) is 13.0 Å². The number of anilines is 1. The highest BCUT2D eigenvalue weighted by Crippen LogP contribution is 2.30. The Hall–Kier alpha value is -1.37. The van der Waals surface area contributed by atoms with E-state index in [0.717, 1.165) is 36.7 Å². The second-order valence-electron chi connectivity index (χ2n) is 5.42. The second kappa shape index (κ2) is 11.2. The maximum atomic E-state index is 11.8. The van der Waals surface area contributed by atoms with E-state index in [1.54, 1.807) is 14.2 Å². The standard InChI is InChI=1S/C16H25N3O3.2ClH/c1-17-6-4-16(20)18-12-5-7-19(11-12)13-8-14(21-2)10-15(9-13)22-3;;/h8-10,12,17H,4-7,11H2,1-3H3,(H,18,20);2*1H. The van der Waals surface area contributed by atoms with Crippen molar-refractivity contribution in [2.45, 2.75) is 18.9 Å². The van der Waals surface area contributed by atoms with Crippen LogP contribution in [-0.2, 0) is 4.79 Å². The molecule has 1 aliphatic heterocycles. The monoisotopic (exact) mass is 379 g/mol. The van der Waals surface area contributed by atoms with Gasteiger partial charge in [-0.05, 0) is 13.5 Å². The first-order valence-electron chi connectivity index (χ1n) is 7.58. The topological polar surface area (TPSA) is 62.8 Å². The first-order valence-corrected chi connectivity index (χ1v) is 7.58. The minimum absolute atomic E-state index is 0. The average molecular weight is 380 g/mol. The van der Waals surface area contributed by atoms with Crippen molar-refractivity contribution in [3.05, 3.63) is 18.2 Å². The van der Waals surface area contributed by atoms with Gasteiger partial charge in [0.1, 0.15) is 11.5 Å². The Labute approximate surface area is 156 Å². The van der Waals surface area contributed by atoms with Crippen LogP contribution >= 0.6 is 24.8 Å². The molecular weight excluding hydrogens is 353 g/mol. The lowest BCUT2D eigenvalue weighted by molar-refractivity contribution is -0.121. The number of rotatable bonds is 7. The summed E-state index contributed by atoms with van der Waals surface area (Å²) in [5.74, 6) is 1.65. The minimum Gasteiger partial charge on any atom is -0.497 e. The molecule has 6 nitrogen and oxygen atoms in total. The van der Waals surface area contributed by atoms with E-state index in [1.165, 1.54) is 0 Å². The molecule has 0 saturated carbocycles. The Morgan fingerprint density at radius 1 is 1.21 bits per heavy atom. The highest BCUT2D eigenvalue weighted by molar-refractivity contribution is 5.85. The van der Waals surface area contributed by atoms with Crippen LogP contribution < -0.4 is 25.0 Å². The number of nitrogens with zero attached hydrogens (tertiary/aromatic N) is 1. The molecule has 2 N–H and O–H groups in total. The van der Waals surface area contributed by atoms with Crippen LogP contribution in [0.2, 0.25) is 0 Å². The van der Waals surface area contributed by atoms with Gasteiger partial charge in [-0.3, -0.25) is 4.79 Å². The molecule has 1 unspecified atom stereocenters. The predicted octanol–water partition coefficient (Wildman–Crippen LogP) is 1.85. The smallest absolute Gasteiger partial charge is 0.221 e. The third-order valence-corrected chi connectivity index (χ3v) is 3.86. The molecule has 8 heteroatoms. The van der Waals surface area contributed by atoms with Crippen LogP contribution in [0.1, 0.15) is 12.8 Å². The summed E-state index contributed by atoms with van der Waals surface area (Å²) in [6, 6.07) is 6.04. The van der Waals surface area contributed by atoms with Gasteiger partial charge in [0.25, 0.3) is 0 Å². The molecule has 0 aromatic heterocycles. The predicted molar refractivity (Wildman–Crippen MR) is 101 cm³/mol. The van der Waals surface area contributed by atoms with E-state index >= 15 is 0 Å². The zero-order chi connectivity index (χ0) is 15.9. The third kappa shape index (κ3) is 6.26. The molecule has 1 atom stereocenters. The summed E-state index contributed by atoms with van der Waals surface area (Å²) in [6.07, 6.45) is 1.46. The summed E-state index contributed by atoms with van der Waals surface area (Å²) in [5.41, 5.74) is 1.06. The van der Waals surface area contributed by atoms with Gasteiger partial charge >= 0.3 is 0 Å². The molecular formula is C16H27Cl2N3O3. The number of carbonyl (C=O) groups excluding carboxylic acids is 1. The van der Waals surface area contributed by atoms with Crippen molar-refractivity contribution in [1.29, 1.82) is 0 Å². The molecule has 1 heterocycles. The summed E-state index contributed by atoms with van der Waals surface area (Å²) in [7, 11) is 5.14. The summed E-state index contributed by atoms with van der Waals surface area (Å²) in [6.45, 7) is 2.42. The number of hydrogen-bond acceptors (Lipinski definition) is 5. The van der Waals surface area contributed by atoms with Crippen LogP contribution in [0.3, 0.4) is 0 Å². The fourth-order valence-corrected chi connectivity index (χ4v) is 2.63. The second-order valence-corrected chi connectivity index (χ2v) is 5.42. The molecule has 0 spiro atoms. The van der Waals surface area contributed by atoms with Crippen molar-refractivity contribution in [2.24, 2.45) is 0 Å². The normalized spacial score (nSPS) is 16.0. The van der Waals surface area contributed by atoms with Crippen molar-refractivity contribution in [3.8, 4) is 11.5 Å². The Morgan fingerprint density at radius 2 is 1.83 bits per heavy atom. The number of methoxy groups -OCH3 is 2. The Bertz CT molecular complexity index is 495. The Kier molecular flexibility index (Phi) is 10.6. The number of nitrogens with one attached hydrogen (secondary N) is 2. The van der Waals surface area contributed by atoms with E-state index in [9.17, 15) is 4.79 Å². The largest absolute Gasteiger partial charge is 0.497 e. The molecule has 138 valence electrons. The molecule has 1 saturated heterocycles. The van der Waals surface area contributed by atoms with E-state index in [-0.39, 0.29) is 36.8 Å². The Balaban J connectivity index is 0.00000264. The highest BCUT2D eigenvalue weighted by Gasteiger charge is 2.24. The van der Waals surface area contributed by atoms with Gasteiger partial charge in [-0.15, -0.1) is 24.8 Å². The molecule has 1 fully saturated rings. The number of hydrogen-bond donors (Lipinski definition) is 2. The lowest BCUT2D eigenvalue weighted by Crippen LogP contribution is -2.38. The molecule has 1 aromatic rings. The van der Waals surface area contributed by atoms with E-state index in [2.05, 4.69) is 15.5 Å². The molecule has 1 amide bonds. The molecule has 0 aliphatic carbocycles. The number of benzene rings is 1. The van der Waals surface area contributed by atoms with Gasteiger partial charge in [-0.1, -0.05) is 0 Å². The van der Waals surface area contributed by atoms with Crippen molar-refractivity contribution in [1.82, 2.24) is 10.6 Å². The molecule has 0 bridgehead atoms. The maximum absolute atomic E-state index is 11.8. The summed E-state index contributed by atoms with van der Waals surface area (Å²) < 4.78 is 10.6. The summed E-state index contributed by atoms with van der Waals surface area (Å²) >= 11 is 0. The molecule has 1 aliphatic rings. The lowest BCUT2D eigenvalue weighted by atomic mass is 10.2. The van der Waals surface area contributed by atoms with Crippen LogP contribution in [0.15, 0.2) is 18.2 Å². The van der Waals surface area contributed by atoms with Crippen molar-refractivity contribution in [2.75, 3.05) is 45.8 Å². The fraction of sp³-hybridized carbons (Fsp3) is 0.562. The average Bonchev–Trinajstić information content (AvgIpc) is 3.00. The van der Waals surface area contributed by atoms with Gasteiger partial charge in [0.2, 0.25) is 5.91 Å². The SMILES string of the molecule is CNCCC(=O)NC1CCN(c2cc(OC)cc(OC)c2)C1.Cl.Cl. The van der Waals surface area contributed by atoms with Gasteiger partial charge < -0.3 is 25.0 Å². The Morgan fingerprint density at radius 3 is 2.38 bits per heavy atom. The van der Waals surface area contributed by atoms with Crippen LogP contribution in [0.5, 0.6) is 11.5 Å². The molecule has 1 aromatic carbocycles. The number of halogens is 2. The van der Waals surface area contributed by atoms with Gasteiger partial charge in [0.05, 0.1) is 14.2 Å². The summed E-state index contributed by atoms with van der Waals surface area (Å²) in [5, 5.41) is 6.07. The fourth-order valence-electron chi connectivity index (χ4n) is 2.63. The van der Waals surface area contributed by atoms with Crippen molar-refractivity contribution in [3.63, 3.8) is 0 Å². The van der Waals surface area contributed by atoms with E-state index in [1.807, 2.05) is 25.2 Å². The number of amides is 1. The van der Waals surface area contributed by atoms with E-state index in [4.69, 9.17) is 9.47 Å². The lowest BCUT2D eigenvalue weighted by Gasteiger charge is -2.20. The van der Waals surface area contributed by atoms with Crippen molar-refractivity contribution >= 4 is 36.4 Å². The van der Waals surface area contributed by atoms with Crippen LogP contribution in [0.4, 0.5) is 5.69 Å². The number of carbonyl (C=O) groups is 1. The first kappa shape index (κ1) is 22.6. The van der Waals surface area contributed by atoms with E-state index < -0.39 is 0 Å². The summed E-state index contributed by atoms with van der Waals surface area (Å²) in [4.78, 5) is 14.0. The van der Waals surface area contributed by atoms with Gasteiger partial charge in [-0.2, -0.15) is 0 Å². The zero-order valence-electron chi connectivity index (χ0n) is 14.3. The first-order chi connectivity index (χ1) is 10.7. The number of ether oxygens (including phenoxy) is 2.